The lowest BCUT2D eigenvalue weighted by atomic mass is 10.00. The molecular weight excluding hydrogens is 524 g/mol. The Hall–Kier alpha value is -5.87. The van der Waals surface area contributed by atoms with Crippen molar-refractivity contribution in [2.45, 2.75) is 0 Å². The highest BCUT2D eigenvalue weighted by molar-refractivity contribution is 6.34. The van der Waals surface area contributed by atoms with Crippen LogP contribution < -0.4 is 0 Å². The number of fused-ring (bicyclic) bond motifs is 14. The quantitative estimate of drug-likeness (QED) is 0.198. The molecule has 0 amide bonds. The number of pyridine rings is 1. The van der Waals surface area contributed by atoms with Crippen LogP contribution in [0.1, 0.15) is 0 Å². The average molecular weight is 549 g/mol. The Kier molecular flexibility index (Phi) is 4.42. The van der Waals surface area contributed by atoms with Crippen LogP contribution >= 0.6 is 0 Å². The van der Waals surface area contributed by atoms with Crippen LogP contribution in [-0.2, 0) is 0 Å². The molecule has 4 heteroatoms. The minimum absolute atomic E-state index is 0.982. The number of hydrogen-bond donors (Lipinski definition) is 0. The Morgan fingerprint density at radius 2 is 0.953 bits per heavy atom. The molecule has 0 aliphatic heterocycles. The Balaban J connectivity index is 1.54. The van der Waals surface area contributed by atoms with Gasteiger partial charge >= 0.3 is 0 Å². The minimum Gasteiger partial charge on any atom is -0.309 e. The molecule has 0 aliphatic carbocycles. The first kappa shape index (κ1) is 22.8. The topological polar surface area (TPSA) is 27.2 Å². The summed E-state index contributed by atoms with van der Waals surface area (Å²) < 4.78 is 7.13. The summed E-state index contributed by atoms with van der Waals surface area (Å²) in [4.78, 5) is 4.86. The highest BCUT2D eigenvalue weighted by atomic mass is 15.0. The smallest absolute Gasteiger partial charge is 0.145 e. The molecule has 0 bridgehead atoms. The van der Waals surface area contributed by atoms with Crippen molar-refractivity contribution in [2.24, 2.45) is 0 Å². The molecule has 10 rings (SSSR count). The second kappa shape index (κ2) is 8.34. The van der Waals surface area contributed by atoms with E-state index in [0.29, 0.717) is 0 Å². The van der Waals surface area contributed by atoms with Gasteiger partial charge in [0.25, 0.3) is 0 Å². The van der Waals surface area contributed by atoms with Crippen LogP contribution in [0, 0.1) is 0 Å². The third-order valence-corrected chi connectivity index (χ3v) is 9.07. The van der Waals surface area contributed by atoms with Crippen LogP contribution in [0.15, 0.2) is 146 Å². The van der Waals surface area contributed by atoms with Gasteiger partial charge in [-0.25, -0.2) is 4.98 Å². The monoisotopic (exact) mass is 548 g/mol. The van der Waals surface area contributed by atoms with Gasteiger partial charge < -0.3 is 9.13 Å². The summed E-state index contributed by atoms with van der Waals surface area (Å²) in [5.74, 6) is 0. The van der Waals surface area contributed by atoms with E-state index in [0.717, 1.165) is 22.4 Å². The summed E-state index contributed by atoms with van der Waals surface area (Å²) in [6.45, 7) is 0. The summed E-state index contributed by atoms with van der Waals surface area (Å²) in [6.07, 6.45) is 4.04. The molecule has 4 heterocycles. The molecular formula is C39H24N4. The Morgan fingerprint density at radius 3 is 1.70 bits per heavy atom. The molecule has 200 valence electrons. The number of benzene rings is 6. The number of imidazole rings is 1. The van der Waals surface area contributed by atoms with Crippen LogP contribution in [0.5, 0.6) is 0 Å². The zero-order valence-corrected chi connectivity index (χ0v) is 23.1. The van der Waals surface area contributed by atoms with Gasteiger partial charge in [-0.15, -0.1) is 0 Å². The molecule has 0 spiro atoms. The fraction of sp³-hybridized carbons (Fsp3) is 0. The number of aromatic nitrogens is 4. The number of para-hydroxylation sites is 3. The second-order valence-electron chi connectivity index (χ2n) is 11.2. The molecule has 0 atom stereocenters. The van der Waals surface area contributed by atoms with Gasteiger partial charge in [0.2, 0.25) is 0 Å². The lowest BCUT2D eigenvalue weighted by Gasteiger charge is -2.11. The first-order chi connectivity index (χ1) is 21.4. The fourth-order valence-electron chi connectivity index (χ4n) is 7.41. The van der Waals surface area contributed by atoms with Gasteiger partial charge in [-0.1, -0.05) is 84.9 Å². The van der Waals surface area contributed by atoms with Crippen molar-refractivity contribution in [2.75, 3.05) is 0 Å². The van der Waals surface area contributed by atoms with Crippen molar-refractivity contribution in [1.82, 2.24) is 18.5 Å². The average Bonchev–Trinajstić information content (AvgIpc) is 3.78. The minimum atomic E-state index is 0.982. The van der Waals surface area contributed by atoms with E-state index in [9.17, 15) is 0 Å². The van der Waals surface area contributed by atoms with Gasteiger partial charge in [0.15, 0.2) is 0 Å². The first-order valence-electron chi connectivity index (χ1n) is 14.7. The highest BCUT2D eigenvalue weighted by Crippen LogP contribution is 2.45. The highest BCUT2D eigenvalue weighted by Gasteiger charge is 2.23. The molecule has 43 heavy (non-hydrogen) atoms. The predicted molar refractivity (Wildman–Crippen MR) is 179 cm³/mol. The van der Waals surface area contributed by atoms with E-state index in [-0.39, 0.29) is 0 Å². The molecule has 0 N–H and O–H groups in total. The van der Waals surface area contributed by atoms with E-state index in [1.165, 1.54) is 59.9 Å². The molecule has 4 nitrogen and oxygen atoms in total. The summed E-state index contributed by atoms with van der Waals surface area (Å²) in [7, 11) is 0. The zero-order chi connectivity index (χ0) is 28.1. The SMILES string of the molecule is c1ccc(-n2c3ccccc3c3c4c5c(ccc6c7ccccc7c7nccn7c65)n(-c5ccccc5)c4ccc32)cc1. The zero-order valence-electron chi connectivity index (χ0n) is 23.1. The number of rotatable bonds is 2. The third kappa shape index (κ3) is 2.92. The van der Waals surface area contributed by atoms with Crippen molar-refractivity contribution in [3.05, 3.63) is 146 Å². The maximum absolute atomic E-state index is 4.86. The second-order valence-corrected chi connectivity index (χ2v) is 11.2. The van der Waals surface area contributed by atoms with Crippen LogP contribution in [0.25, 0.3) is 82.3 Å². The molecule has 0 unspecified atom stereocenters. The van der Waals surface area contributed by atoms with Gasteiger partial charge in [0.05, 0.1) is 27.6 Å². The van der Waals surface area contributed by atoms with E-state index in [1.807, 2.05) is 6.20 Å². The van der Waals surface area contributed by atoms with Crippen molar-refractivity contribution >= 4 is 70.9 Å². The lowest BCUT2D eigenvalue weighted by molar-refractivity contribution is 1.17. The molecule has 0 saturated heterocycles. The van der Waals surface area contributed by atoms with Crippen molar-refractivity contribution < 1.29 is 0 Å². The molecule has 10 aromatic rings. The molecule has 4 aromatic heterocycles. The van der Waals surface area contributed by atoms with Crippen molar-refractivity contribution in [1.29, 1.82) is 0 Å². The van der Waals surface area contributed by atoms with Crippen LogP contribution in [0.2, 0.25) is 0 Å². The Bertz CT molecular complexity index is 2710. The van der Waals surface area contributed by atoms with E-state index < -0.39 is 0 Å². The molecule has 0 fully saturated rings. The number of hydrogen-bond acceptors (Lipinski definition) is 1. The molecule has 0 aliphatic rings. The fourth-order valence-corrected chi connectivity index (χ4v) is 7.41. The molecule has 0 saturated carbocycles. The van der Waals surface area contributed by atoms with Gasteiger partial charge in [0, 0.05) is 56.1 Å². The summed E-state index contributed by atoms with van der Waals surface area (Å²) in [5.41, 5.74) is 9.26. The predicted octanol–water partition coefficient (Wildman–Crippen LogP) is 9.83. The van der Waals surface area contributed by atoms with Gasteiger partial charge in [-0.2, -0.15) is 0 Å². The van der Waals surface area contributed by atoms with E-state index >= 15 is 0 Å². The van der Waals surface area contributed by atoms with E-state index in [2.05, 4.69) is 153 Å². The maximum atomic E-state index is 4.86. The van der Waals surface area contributed by atoms with Crippen molar-refractivity contribution in [3.8, 4) is 11.4 Å². The van der Waals surface area contributed by atoms with Crippen LogP contribution in [0.3, 0.4) is 0 Å². The Labute approximate surface area is 246 Å². The van der Waals surface area contributed by atoms with Gasteiger partial charge in [-0.3, -0.25) is 4.40 Å². The Morgan fingerprint density at radius 1 is 0.395 bits per heavy atom. The standard InChI is InChI=1S/C39H24N4/c1-3-11-25(12-4-1)42-31-18-10-9-17-30(31)35-32(42)21-22-33-36(35)37-34(43(33)26-13-5-2-6-14-26)20-19-28-27-15-7-8-16-29(27)39-40-23-24-41(39)38(28)37/h1-24H. The molecule has 6 aromatic carbocycles. The van der Waals surface area contributed by atoms with Gasteiger partial charge in [-0.05, 0) is 53.9 Å². The van der Waals surface area contributed by atoms with Crippen LogP contribution in [-0.4, -0.2) is 18.5 Å². The summed E-state index contributed by atoms with van der Waals surface area (Å²) >= 11 is 0. The molecule has 0 radical (unpaired) electrons. The summed E-state index contributed by atoms with van der Waals surface area (Å²) in [5, 5.41) is 8.63. The summed E-state index contributed by atoms with van der Waals surface area (Å²) in [6, 6.07) is 48.1. The first-order valence-corrected chi connectivity index (χ1v) is 14.7. The third-order valence-electron chi connectivity index (χ3n) is 9.07. The number of nitrogens with zero attached hydrogens (tertiary/aromatic N) is 4. The van der Waals surface area contributed by atoms with Gasteiger partial charge in [0.1, 0.15) is 5.65 Å². The van der Waals surface area contributed by atoms with Crippen LogP contribution in [0.4, 0.5) is 0 Å². The lowest BCUT2D eigenvalue weighted by Crippen LogP contribution is -1.95. The normalized spacial score (nSPS) is 12.2. The van der Waals surface area contributed by atoms with E-state index in [4.69, 9.17) is 4.98 Å². The largest absolute Gasteiger partial charge is 0.309 e. The maximum Gasteiger partial charge on any atom is 0.145 e. The van der Waals surface area contributed by atoms with E-state index in [1.54, 1.807) is 0 Å². The van der Waals surface area contributed by atoms with Crippen molar-refractivity contribution in [3.63, 3.8) is 0 Å².